The molecule has 0 spiro atoms. The van der Waals surface area contributed by atoms with E-state index >= 15 is 0 Å². The Morgan fingerprint density at radius 1 is 1.35 bits per heavy atom. The van der Waals surface area contributed by atoms with Crippen LogP contribution in [0.25, 0.3) is 0 Å². The molecule has 1 amide bonds. The highest BCUT2D eigenvalue weighted by molar-refractivity contribution is 7.55. The number of hydrogen-bond donors (Lipinski definition) is 2. The van der Waals surface area contributed by atoms with E-state index in [1.165, 1.54) is 13.3 Å². The maximum absolute atomic E-state index is 12.5. The van der Waals surface area contributed by atoms with Crippen LogP contribution in [0.2, 0.25) is 0 Å². The molecular weight excluding hydrogens is 435 g/mol. The summed E-state index contributed by atoms with van der Waals surface area (Å²) in [6.45, 7) is 2.61. The van der Waals surface area contributed by atoms with Crippen molar-refractivity contribution in [3.8, 4) is 0 Å². The summed E-state index contributed by atoms with van der Waals surface area (Å²) in [5, 5.41) is 2.54. The first-order valence-electron chi connectivity index (χ1n) is 9.27. The van der Waals surface area contributed by atoms with Crippen LogP contribution in [0.5, 0.6) is 0 Å². The Balaban J connectivity index is 1.80. The zero-order valence-corrected chi connectivity index (χ0v) is 18.3. The summed E-state index contributed by atoms with van der Waals surface area (Å²) in [6.07, 6.45) is 0.925. The zero-order valence-electron chi connectivity index (χ0n) is 17.4. The van der Waals surface area contributed by atoms with E-state index in [1.807, 2.05) is 0 Å². The monoisotopic (exact) mass is 461 g/mol. The third kappa shape index (κ3) is 8.00. The summed E-state index contributed by atoms with van der Waals surface area (Å²) in [4.78, 5) is 49.6. The van der Waals surface area contributed by atoms with Gasteiger partial charge in [0.25, 0.3) is 5.91 Å². The van der Waals surface area contributed by atoms with Crippen molar-refractivity contribution < 1.29 is 47.1 Å². The molecule has 1 aromatic rings. The SMILES string of the molecule is COC(=O)CCNC(=O)[C@@H]1O[P+](O)(OCOC(=O)OCc2cccnc2)OCC1(C)C. The van der Waals surface area contributed by atoms with Crippen LogP contribution in [0.15, 0.2) is 24.5 Å². The predicted molar refractivity (Wildman–Crippen MR) is 105 cm³/mol. The van der Waals surface area contributed by atoms with Gasteiger partial charge in [-0.3, -0.25) is 14.6 Å². The molecule has 2 N–H and O–H groups in total. The highest BCUT2D eigenvalue weighted by Crippen LogP contribution is 2.63. The lowest BCUT2D eigenvalue weighted by atomic mass is 9.87. The summed E-state index contributed by atoms with van der Waals surface area (Å²) >= 11 is 0. The molecule has 2 heterocycles. The van der Waals surface area contributed by atoms with E-state index in [2.05, 4.69) is 15.0 Å². The quantitative estimate of drug-likeness (QED) is 0.313. The molecule has 0 bridgehead atoms. The molecule has 0 aliphatic carbocycles. The number of hydrogen-bond acceptors (Lipinski definition) is 11. The molecule has 1 fully saturated rings. The van der Waals surface area contributed by atoms with Crippen molar-refractivity contribution in [3.63, 3.8) is 0 Å². The molecule has 31 heavy (non-hydrogen) atoms. The average molecular weight is 461 g/mol. The second-order valence-corrected chi connectivity index (χ2v) is 8.79. The molecule has 1 aliphatic heterocycles. The van der Waals surface area contributed by atoms with Crippen LogP contribution in [0.4, 0.5) is 4.79 Å². The van der Waals surface area contributed by atoms with Gasteiger partial charge in [-0.15, -0.1) is 9.05 Å². The van der Waals surface area contributed by atoms with Crippen LogP contribution in [-0.2, 0) is 44.0 Å². The number of nitrogens with one attached hydrogen (secondary N) is 1. The molecule has 172 valence electrons. The second-order valence-electron chi connectivity index (χ2n) is 7.12. The van der Waals surface area contributed by atoms with Crippen LogP contribution >= 0.6 is 8.17 Å². The van der Waals surface area contributed by atoms with Gasteiger partial charge >= 0.3 is 20.3 Å². The van der Waals surface area contributed by atoms with Gasteiger partial charge in [0.15, 0.2) is 6.10 Å². The van der Waals surface area contributed by atoms with Gasteiger partial charge in [0.2, 0.25) is 6.79 Å². The Morgan fingerprint density at radius 3 is 2.81 bits per heavy atom. The normalized spacial score (nSPS) is 22.3. The number of aromatic nitrogens is 1. The summed E-state index contributed by atoms with van der Waals surface area (Å²) < 4.78 is 29.8. The molecule has 0 radical (unpaired) electrons. The number of pyridine rings is 1. The van der Waals surface area contributed by atoms with Gasteiger partial charge in [-0.2, -0.15) is 9.42 Å². The molecular formula is C18H26N2O10P+. The lowest BCUT2D eigenvalue weighted by Crippen LogP contribution is -2.50. The minimum atomic E-state index is -3.94. The summed E-state index contributed by atoms with van der Waals surface area (Å²) in [6, 6.07) is 3.40. The van der Waals surface area contributed by atoms with Gasteiger partial charge in [0.1, 0.15) is 13.2 Å². The Morgan fingerprint density at radius 2 is 2.13 bits per heavy atom. The minimum absolute atomic E-state index is 0.0171. The van der Waals surface area contributed by atoms with Crippen molar-refractivity contribution in [1.29, 1.82) is 0 Å². The van der Waals surface area contributed by atoms with Gasteiger partial charge in [-0.1, -0.05) is 19.9 Å². The van der Waals surface area contributed by atoms with Crippen LogP contribution in [0, 0.1) is 5.41 Å². The number of nitrogens with zero attached hydrogens (tertiary/aromatic N) is 1. The smallest absolute Gasteiger partial charge is 0.469 e. The fraction of sp³-hybridized carbons (Fsp3) is 0.556. The first-order valence-corrected chi connectivity index (χ1v) is 10.8. The third-order valence-electron chi connectivity index (χ3n) is 4.11. The van der Waals surface area contributed by atoms with Crippen LogP contribution < -0.4 is 5.32 Å². The second kappa shape index (κ2) is 11.3. The van der Waals surface area contributed by atoms with Crippen molar-refractivity contribution in [1.82, 2.24) is 10.3 Å². The van der Waals surface area contributed by atoms with E-state index in [-0.39, 0.29) is 26.2 Å². The Labute approximate surface area is 179 Å². The lowest BCUT2D eigenvalue weighted by molar-refractivity contribution is -0.146. The van der Waals surface area contributed by atoms with Gasteiger partial charge < -0.3 is 19.5 Å². The number of carbonyl (C=O) groups excluding carboxylic acids is 3. The molecule has 12 nitrogen and oxygen atoms in total. The van der Waals surface area contributed by atoms with Crippen molar-refractivity contribution in [3.05, 3.63) is 30.1 Å². The number of amides is 1. The predicted octanol–water partition coefficient (Wildman–Crippen LogP) is 1.50. The standard InChI is InChI=1S/C18H25N2O10P/c1-18(2)11-28-31(24,30-15(18)16(22)20-8-6-14(21)25-3)29-12-27-17(23)26-10-13-5-4-7-19-9-13/h4-5,7,9,15,24H,6,8,10-12H2,1-3H3/p+1/t15-,31?/m0/s1. The lowest BCUT2D eigenvalue weighted by Gasteiger charge is -2.36. The number of rotatable bonds is 9. The fourth-order valence-corrected chi connectivity index (χ4v) is 3.92. The molecule has 2 atom stereocenters. The van der Waals surface area contributed by atoms with E-state index in [0.29, 0.717) is 5.56 Å². The van der Waals surface area contributed by atoms with Crippen molar-refractivity contribution in [2.45, 2.75) is 33.0 Å². The number of esters is 1. The number of carbonyl (C=O) groups is 3. The third-order valence-corrected chi connectivity index (χ3v) is 5.48. The first kappa shape index (κ1) is 24.9. The molecule has 1 saturated heterocycles. The Kier molecular flexibility index (Phi) is 9.08. The maximum atomic E-state index is 12.5. The van der Waals surface area contributed by atoms with Crippen molar-refractivity contribution >= 4 is 26.2 Å². The summed E-state index contributed by atoms with van der Waals surface area (Å²) in [7, 11) is -2.70. The molecule has 0 aromatic carbocycles. The molecule has 2 rings (SSSR count). The molecule has 1 aromatic heterocycles. The Bertz CT molecular complexity index is 763. The van der Waals surface area contributed by atoms with Crippen LogP contribution in [0.3, 0.4) is 0 Å². The highest BCUT2D eigenvalue weighted by atomic mass is 31.2. The van der Waals surface area contributed by atoms with Crippen LogP contribution in [0.1, 0.15) is 25.8 Å². The van der Waals surface area contributed by atoms with E-state index in [0.717, 1.165) is 0 Å². The van der Waals surface area contributed by atoms with Gasteiger partial charge in [-0.05, 0) is 6.07 Å². The minimum Gasteiger partial charge on any atom is -0.469 e. The number of methoxy groups -OCH3 is 1. The fourth-order valence-electron chi connectivity index (χ4n) is 2.39. The molecule has 1 aliphatic rings. The average Bonchev–Trinajstić information content (AvgIpc) is 2.74. The van der Waals surface area contributed by atoms with E-state index < -0.39 is 44.5 Å². The summed E-state index contributed by atoms with van der Waals surface area (Å²) in [5.41, 5.74) is -0.136. The van der Waals surface area contributed by atoms with E-state index in [9.17, 15) is 19.3 Å². The Hall–Kier alpha value is -2.37. The van der Waals surface area contributed by atoms with Gasteiger partial charge in [0, 0.05) is 29.9 Å². The maximum Gasteiger partial charge on any atom is 0.576 e. The van der Waals surface area contributed by atoms with Crippen molar-refractivity contribution in [2.24, 2.45) is 5.41 Å². The van der Waals surface area contributed by atoms with Crippen molar-refractivity contribution in [2.75, 3.05) is 27.1 Å². The van der Waals surface area contributed by atoms with Gasteiger partial charge in [-0.25, -0.2) is 4.79 Å². The molecule has 0 saturated carbocycles. The molecule has 1 unspecified atom stereocenters. The summed E-state index contributed by atoms with van der Waals surface area (Å²) in [5.74, 6) is -1.04. The molecule has 13 heteroatoms. The zero-order chi connectivity index (χ0) is 22.9. The van der Waals surface area contributed by atoms with Gasteiger partial charge in [0.05, 0.1) is 13.5 Å². The van der Waals surface area contributed by atoms with E-state index in [1.54, 1.807) is 32.2 Å². The topological polar surface area (TPSA) is 152 Å². The first-order chi connectivity index (χ1) is 14.6. The van der Waals surface area contributed by atoms with Crippen LogP contribution in [-0.4, -0.2) is 61.1 Å². The highest BCUT2D eigenvalue weighted by Gasteiger charge is 2.59. The largest absolute Gasteiger partial charge is 0.576 e. The number of ether oxygens (including phenoxy) is 3. The van der Waals surface area contributed by atoms with E-state index in [4.69, 9.17) is 23.0 Å².